The first kappa shape index (κ1) is 17.5. The molecule has 0 amide bonds. The number of halogens is 1. The fourth-order valence-electron chi connectivity index (χ4n) is 2.89. The molecule has 3 heterocycles. The van der Waals surface area contributed by atoms with Crippen LogP contribution in [0, 0.1) is 0 Å². The van der Waals surface area contributed by atoms with Gasteiger partial charge in [-0.15, -0.1) is 0 Å². The van der Waals surface area contributed by atoms with E-state index in [-0.39, 0.29) is 0 Å². The highest BCUT2D eigenvalue weighted by Gasteiger charge is 2.07. The minimum Gasteiger partial charge on any atom is -0.369 e. The van der Waals surface area contributed by atoms with E-state index in [0.29, 0.717) is 5.95 Å². The fraction of sp³-hybridized carbons (Fsp3) is 0.150. The van der Waals surface area contributed by atoms with E-state index in [1.165, 1.54) is 10.9 Å². The van der Waals surface area contributed by atoms with E-state index in [0.717, 1.165) is 34.6 Å². The van der Waals surface area contributed by atoms with Crippen molar-refractivity contribution in [1.82, 2.24) is 19.5 Å². The molecule has 6 nitrogen and oxygen atoms in total. The van der Waals surface area contributed by atoms with Gasteiger partial charge in [0.15, 0.2) is 0 Å². The number of hydrogen-bond acceptors (Lipinski definition) is 5. The third kappa shape index (κ3) is 4.09. The van der Waals surface area contributed by atoms with Crippen LogP contribution in [0.2, 0.25) is 0 Å². The highest BCUT2D eigenvalue weighted by molar-refractivity contribution is 9.10. The number of fused-ring (bicyclic) bond motifs is 1. The van der Waals surface area contributed by atoms with Gasteiger partial charge in [-0.3, -0.25) is 4.98 Å². The first-order chi connectivity index (χ1) is 13.2. The van der Waals surface area contributed by atoms with Gasteiger partial charge in [-0.2, -0.15) is 4.98 Å². The lowest BCUT2D eigenvalue weighted by Crippen LogP contribution is -2.09. The van der Waals surface area contributed by atoms with Crippen LogP contribution in [0.5, 0.6) is 0 Å². The molecule has 0 saturated carbocycles. The maximum Gasteiger partial charge on any atom is 0.229 e. The predicted octanol–water partition coefficient (Wildman–Crippen LogP) is 4.52. The second-order valence-corrected chi connectivity index (χ2v) is 7.07. The van der Waals surface area contributed by atoms with Crippen molar-refractivity contribution in [2.75, 3.05) is 17.2 Å². The number of aryl methyl sites for hydroxylation is 1. The molecule has 0 aliphatic carbocycles. The minimum absolute atomic E-state index is 0.550. The van der Waals surface area contributed by atoms with E-state index < -0.39 is 0 Å². The molecule has 136 valence electrons. The number of nitrogens with one attached hydrogen (secondary N) is 2. The topological polar surface area (TPSA) is 67.7 Å². The molecule has 0 spiro atoms. The average Bonchev–Trinajstić information content (AvgIpc) is 3.05. The molecule has 1 aromatic carbocycles. The van der Waals surface area contributed by atoms with Gasteiger partial charge in [0.1, 0.15) is 5.82 Å². The Morgan fingerprint density at radius 3 is 2.89 bits per heavy atom. The summed E-state index contributed by atoms with van der Waals surface area (Å²) in [5, 5.41) is 7.79. The predicted molar refractivity (Wildman–Crippen MR) is 112 cm³/mol. The zero-order chi connectivity index (χ0) is 18.6. The number of nitrogens with zero attached hydrogens (tertiary/aromatic N) is 4. The fourth-order valence-corrected chi connectivity index (χ4v) is 3.23. The Bertz CT molecular complexity index is 1060. The second kappa shape index (κ2) is 7.75. The molecule has 3 aromatic heterocycles. The summed E-state index contributed by atoms with van der Waals surface area (Å²) in [6.45, 7) is 0.738. The summed E-state index contributed by atoms with van der Waals surface area (Å²) in [7, 11) is 2.04. The molecule has 0 aliphatic rings. The van der Waals surface area contributed by atoms with Crippen LogP contribution in [0.15, 0.2) is 65.5 Å². The van der Waals surface area contributed by atoms with E-state index >= 15 is 0 Å². The van der Waals surface area contributed by atoms with Crippen molar-refractivity contribution >= 4 is 44.3 Å². The quantitative estimate of drug-likeness (QED) is 0.477. The number of benzene rings is 1. The van der Waals surface area contributed by atoms with Crippen molar-refractivity contribution in [1.29, 1.82) is 0 Å². The summed E-state index contributed by atoms with van der Waals surface area (Å²) in [5.41, 5.74) is 3.19. The van der Waals surface area contributed by atoms with Crippen LogP contribution in [0.4, 0.5) is 17.5 Å². The van der Waals surface area contributed by atoms with E-state index in [4.69, 9.17) is 0 Å². The number of rotatable bonds is 6. The van der Waals surface area contributed by atoms with Gasteiger partial charge in [0.05, 0.1) is 4.47 Å². The van der Waals surface area contributed by atoms with Gasteiger partial charge in [-0.1, -0.05) is 6.07 Å². The summed E-state index contributed by atoms with van der Waals surface area (Å²) < 4.78 is 2.92. The Morgan fingerprint density at radius 1 is 1.11 bits per heavy atom. The van der Waals surface area contributed by atoms with Gasteiger partial charge in [0.25, 0.3) is 0 Å². The van der Waals surface area contributed by atoms with Gasteiger partial charge in [0.2, 0.25) is 5.95 Å². The maximum atomic E-state index is 4.58. The van der Waals surface area contributed by atoms with Crippen molar-refractivity contribution in [2.24, 2.45) is 7.05 Å². The van der Waals surface area contributed by atoms with Gasteiger partial charge < -0.3 is 15.2 Å². The monoisotopic (exact) mass is 422 g/mol. The summed E-state index contributed by atoms with van der Waals surface area (Å²) in [6, 6.07) is 14.2. The van der Waals surface area contributed by atoms with Crippen molar-refractivity contribution < 1.29 is 0 Å². The molecule has 27 heavy (non-hydrogen) atoms. The van der Waals surface area contributed by atoms with Gasteiger partial charge in [0, 0.05) is 60.9 Å². The molecule has 0 fully saturated rings. The normalized spacial score (nSPS) is 10.9. The third-order valence-corrected chi connectivity index (χ3v) is 4.87. The van der Waals surface area contributed by atoms with Crippen molar-refractivity contribution in [2.45, 2.75) is 6.42 Å². The van der Waals surface area contributed by atoms with E-state index in [1.54, 1.807) is 6.20 Å². The molecule has 0 unspecified atom stereocenters. The lowest BCUT2D eigenvalue weighted by atomic mass is 10.2. The lowest BCUT2D eigenvalue weighted by molar-refractivity contribution is 0.949. The molecular formula is C20H19BrN6. The summed E-state index contributed by atoms with van der Waals surface area (Å²) in [5.74, 6) is 1.30. The average molecular weight is 423 g/mol. The Labute approximate surface area is 165 Å². The van der Waals surface area contributed by atoms with Crippen LogP contribution in [0.3, 0.4) is 0 Å². The molecule has 4 aromatic rings. The van der Waals surface area contributed by atoms with Crippen LogP contribution >= 0.6 is 15.9 Å². The molecule has 0 atom stereocenters. The highest BCUT2D eigenvalue weighted by Crippen LogP contribution is 2.24. The number of pyridine rings is 1. The molecule has 0 saturated heterocycles. The molecule has 0 aliphatic heterocycles. The molecule has 4 rings (SSSR count). The second-order valence-electron chi connectivity index (χ2n) is 6.21. The smallest absolute Gasteiger partial charge is 0.229 e. The van der Waals surface area contributed by atoms with Crippen LogP contribution in [0.1, 0.15) is 5.69 Å². The largest absolute Gasteiger partial charge is 0.369 e. The van der Waals surface area contributed by atoms with Crippen molar-refractivity contribution in [3.8, 4) is 0 Å². The molecule has 0 radical (unpaired) electrons. The van der Waals surface area contributed by atoms with Crippen LogP contribution in [0.25, 0.3) is 10.9 Å². The zero-order valence-corrected chi connectivity index (χ0v) is 16.4. The Kier molecular flexibility index (Phi) is 5.02. The van der Waals surface area contributed by atoms with Crippen LogP contribution in [-0.4, -0.2) is 26.1 Å². The van der Waals surface area contributed by atoms with Crippen molar-refractivity contribution in [3.05, 3.63) is 71.2 Å². The van der Waals surface area contributed by atoms with E-state index in [1.807, 2.05) is 43.7 Å². The number of hydrogen-bond donors (Lipinski definition) is 2. The molecular weight excluding hydrogens is 404 g/mol. The van der Waals surface area contributed by atoms with Gasteiger partial charge in [-0.05, 0) is 52.3 Å². The van der Waals surface area contributed by atoms with Gasteiger partial charge in [-0.25, -0.2) is 4.98 Å². The summed E-state index contributed by atoms with van der Waals surface area (Å²) in [6.07, 6.45) is 6.43. The van der Waals surface area contributed by atoms with Crippen molar-refractivity contribution in [3.63, 3.8) is 0 Å². The van der Waals surface area contributed by atoms with Crippen LogP contribution < -0.4 is 10.6 Å². The molecule has 2 N–H and O–H groups in total. The number of aromatic nitrogens is 4. The SMILES string of the molecule is Cn1ccc2cc(Nc3ncc(Br)c(NCCc4ccccn4)n3)ccc21. The molecule has 7 heteroatoms. The zero-order valence-electron chi connectivity index (χ0n) is 14.9. The van der Waals surface area contributed by atoms with E-state index in [2.05, 4.69) is 64.3 Å². The van der Waals surface area contributed by atoms with Gasteiger partial charge >= 0.3 is 0 Å². The first-order valence-electron chi connectivity index (χ1n) is 8.67. The summed E-state index contributed by atoms with van der Waals surface area (Å²) in [4.78, 5) is 13.3. The maximum absolute atomic E-state index is 4.58. The Morgan fingerprint density at radius 2 is 2.04 bits per heavy atom. The Balaban J connectivity index is 1.46. The summed E-state index contributed by atoms with van der Waals surface area (Å²) >= 11 is 3.50. The molecule has 0 bridgehead atoms. The third-order valence-electron chi connectivity index (χ3n) is 4.29. The minimum atomic E-state index is 0.550. The standard InChI is InChI=1S/C20H19BrN6/c1-27-11-8-14-12-16(5-6-18(14)27)25-20-24-13-17(21)19(26-20)23-10-7-15-4-2-3-9-22-15/h2-6,8-9,11-13H,7,10H2,1H3,(H2,23,24,25,26). The highest BCUT2D eigenvalue weighted by atomic mass is 79.9. The van der Waals surface area contributed by atoms with E-state index in [9.17, 15) is 0 Å². The van der Waals surface area contributed by atoms with Crippen LogP contribution in [-0.2, 0) is 13.5 Å². The Hall–Kier alpha value is -2.93. The number of anilines is 3. The first-order valence-corrected chi connectivity index (χ1v) is 9.47. The lowest BCUT2D eigenvalue weighted by Gasteiger charge is -2.10.